The molecular weight excluding hydrogens is 365 g/mol. The summed E-state index contributed by atoms with van der Waals surface area (Å²) >= 11 is 0. The van der Waals surface area contributed by atoms with Crippen molar-refractivity contribution in [2.24, 2.45) is 5.41 Å². The summed E-state index contributed by atoms with van der Waals surface area (Å²) in [7, 11) is 0. The maximum absolute atomic E-state index is 13.4. The molecule has 1 aromatic carbocycles. The van der Waals surface area contributed by atoms with Gasteiger partial charge in [-0.2, -0.15) is 10.4 Å². The smallest absolute Gasteiger partial charge is 0.142 e. The number of benzene rings is 1. The zero-order chi connectivity index (χ0) is 20.6. The van der Waals surface area contributed by atoms with Crippen LogP contribution in [0.4, 0.5) is 4.39 Å². The summed E-state index contributed by atoms with van der Waals surface area (Å²) in [5.41, 5.74) is 4.40. The van der Waals surface area contributed by atoms with Crippen molar-refractivity contribution < 1.29 is 4.39 Å². The predicted octanol–water partition coefficient (Wildman–Crippen LogP) is 5.22. The molecule has 0 atom stereocenters. The van der Waals surface area contributed by atoms with Crippen LogP contribution in [-0.4, -0.2) is 19.7 Å². The van der Waals surface area contributed by atoms with Gasteiger partial charge in [-0.3, -0.25) is 9.67 Å². The van der Waals surface area contributed by atoms with Gasteiger partial charge in [-0.25, -0.2) is 9.37 Å². The van der Waals surface area contributed by atoms with Crippen molar-refractivity contribution in [3.8, 4) is 28.5 Å². The first kappa shape index (κ1) is 18.8. The summed E-state index contributed by atoms with van der Waals surface area (Å²) in [6, 6.07) is 12.7. The summed E-state index contributed by atoms with van der Waals surface area (Å²) in [6.07, 6.45) is 5.00. The minimum atomic E-state index is -0.373. The fourth-order valence-corrected chi connectivity index (χ4v) is 3.29. The predicted molar refractivity (Wildman–Crippen MR) is 110 cm³/mol. The molecule has 0 spiro atoms. The van der Waals surface area contributed by atoms with Gasteiger partial charge in [0.1, 0.15) is 17.6 Å². The lowest BCUT2D eigenvalue weighted by Gasteiger charge is -2.17. The van der Waals surface area contributed by atoms with Gasteiger partial charge in [0, 0.05) is 34.8 Å². The van der Waals surface area contributed by atoms with Gasteiger partial charge >= 0.3 is 0 Å². The summed E-state index contributed by atoms with van der Waals surface area (Å²) in [6.45, 7) is 7.27. The largest absolute Gasteiger partial charge is 0.272 e. The van der Waals surface area contributed by atoms with E-state index in [1.54, 1.807) is 6.07 Å². The van der Waals surface area contributed by atoms with Gasteiger partial charge in [-0.1, -0.05) is 32.9 Å². The number of hydrogen-bond donors (Lipinski definition) is 0. The van der Waals surface area contributed by atoms with Crippen LogP contribution in [0.25, 0.3) is 33.3 Å². The molecule has 0 aliphatic rings. The van der Waals surface area contributed by atoms with Gasteiger partial charge in [-0.15, -0.1) is 0 Å². The average Bonchev–Trinajstić information content (AvgIpc) is 3.13. The highest BCUT2D eigenvalue weighted by atomic mass is 19.1. The maximum Gasteiger partial charge on any atom is 0.142 e. The second-order valence-corrected chi connectivity index (χ2v) is 8.25. The number of rotatable bonds is 3. The number of aromatic nitrogens is 4. The zero-order valence-corrected chi connectivity index (χ0v) is 16.5. The molecular formula is C23H20FN5. The molecule has 0 N–H and O–H groups in total. The Morgan fingerprint density at radius 3 is 2.66 bits per heavy atom. The Hall–Kier alpha value is -3.59. The van der Waals surface area contributed by atoms with Crippen LogP contribution < -0.4 is 0 Å². The van der Waals surface area contributed by atoms with Crippen molar-refractivity contribution in [3.63, 3.8) is 0 Å². The summed E-state index contributed by atoms with van der Waals surface area (Å²) in [5, 5.41) is 14.5. The lowest BCUT2D eigenvalue weighted by atomic mass is 9.97. The SMILES string of the molecule is CC(C)(C)Cn1cc(-c2ccc(C#N)nc2-c2ccc3cc(F)cnc3c2)cn1. The van der Waals surface area contributed by atoms with Crippen molar-refractivity contribution in [2.45, 2.75) is 27.3 Å². The molecule has 5 nitrogen and oxygen atoms in total. The molecule has 3 aromatic heterocycles. The third-order valence-electron chi connectivity index (χ3n) is 4.51. The molecule has 0 bridgehead atoms. The van der Waals surface area contributed by atoms with E-state index in [1.165, 1.54) is 12.3 Å². The molecule has 4 aromatic rings. The van der Waals surface area contributed by atoms with Crippen LogP contribution in [0.1, 0.15) is 26.5 Å². The van der Waals surface area contributed by atoms with Crippen molar-refractivity contribution in [1.29, 1.82) is 5.26 Å². The van der Waals surface area contributed by atoms with Gasteiger partial charge < -0.3 is 0 Å². The molecule has 144 valence electrons. The first-order valence-corrected chi connectivity index (χ1v) is 9.32. The number of halogens is 1. The molecule has 0 saturated carbocycles. The van der Waals surface area contributed by atoms with Crippen LogP contribution in [0.5, 0.6) is 0 Å². The van der Waals surface area contributed by atoms with Gasteiger partial charge in [0.15, 0.2) is 0 Å². The van der Waals surface area contributed by atoms with E-state index < -0.39 is 0 Å². The van der Waals surface area contributed by atoms with E-state index in [9.17, 15) is 9.65 Å². The molecule has 0 unspecified atom stereocenters. The Kier molecular flexibility index (Phi) is 4.59. The van der Waals surface area contributed by atoms with Crippen LogP contribution in [0.15, 0.2) is 55.0 Å². The topological polar surface area (TPSA) is 67.4 Å². The standard InChI is InChI=1S/C23H20FN5/c1-23(2,3)14-29-13-17(11-27-29)20-7-6-19(10-25)28-22(20)16-5-4-15-8-18(24)12-26-21(15)9-16/h4-9,11-13H,14H2,1-3H3. The Labute approximate surface area is 168 Å². The Morgan fingerprint density at radius 1 is 1.07 bits per heavy atom. The quantitative estimate of drug-likeness (QED) is 0.485. The number of nitriles is 1. The molecule has 29 heavy (non-hydrogen) atoms. The molecule has 0 fully saturated rings. The van der Waals surface area contributed by atoms with Crippen molar-refractivity contribution in [2.75, 3.05) is 0 Å². The molecule has 6 heteroatoms. The first-order valence-electron chi connectivity index (χ1n) is 9.32. The molecule has 0 radical (unpaired) electrons. The fraction of sp³-hybridized carbons (Fsp3) is 0.217. The van der Waals surface area contributed by atoms with E-state index in [1.807, 2.05) is 41.3 Å². The van der Waals surface area contributed by atoms with Gasteiger partial charge in [-0.05, 0) is 29.7 Å². The van der Waals surface area contributed by atoms with Gasteiger partial charge in [0.25, 0.3) is 0 Å². The highest BCUT2D eigenvalue weighted by molar-refractivity contribution is 5.87. The maximum atomic E-state index is 13.4. The average molecular weight is 385 g/mol. The van der Waals surface area contributed by atoms with Crippen molar-refractivity contribution >= 4 is 10.9 Å². The number of fused-ring (bicyclic) bond motifs is 1. The Bertz CT molecular complexity index is 1240. The van der Waals surface area contributed by atoms with E-state index in [0.29, 0.717) is 22.3 Å². The third kappa shape index (κ3) is 3.99. The van der Waals surface area contributed by atoms with Crippen molar-refractivity contribution in [3.05, 3.63) is 66.5 Å². The summed E-state index contributed by atoms with van der Waals surface area (Å²) < 4.78 is 15.4. The lowest BCUT2D eigenvalue weighted by molar-refractivity contribution is 0.325. The molecule has 0 aliphatic heterocycles. The highest BCUT2D eigenvalue weighted by Gasteiger charge is 2.16. The normalized spacial score (nSPS) is 11.6. The van der Waals surface area contributed by atoms with Crippen LogP contribution >= 0.6 is 0 Å². The van der Waals surface area contributed by atoms with Crippen molar-refractivity contribution in [1.82, 2.24) is 19.7 Å². The minimum absolute atomic E-state index is 0.105. The molecule has 0 amide bonds. The lowest BCUT2D eigenvalue weighted by Crippen LogP contribution is -2.15. The molecule has 0 aliphatic carbocycles. The van der Waals surface area contributed by atoms with Crippen LogP contribution in [-0.2, 0) is 6.54 Å². The van der Waals surface area contributed by atoms with E-state index >= 15 is 0 Å². The van der Waals surface area contributed by atoms with E-state index in [-0.39, 0.29) is 11.2 Å². The number of hydrogen-bond acceptors (Lipinski definition) is 4. The van der Waals surface area contributed by atoms with E-state index in [2.05, 4.69) is 41.9 Å². The summed E-state index contributed by atoms with van der Waals surface area (Å²) in [5.74, 6) is -0.373. The first-order chi connectivity index (χ1) is 13.8. The van der Waals surface area contributed by atoms with Gasteiger partial charge in [0.05, 0.1) is 23.6 Å². The number of pyridine rings is 2. The van der Waals surface area contributed by atoms with Crippen LogP contribution in [0.3, 0.4) is 0 Å². The molecule has 4 rings (SSSR count). The Balaban J connectivity index is 1.83. The molecule has 0 saturated heterocycles. The minimum Gasteiger partial charge on any atom is -0.272 e. The van der Waals surface area contributed by atoms with Crippen LogP contribution in [0.2, 0.25) is 0 Å². The summed E-state index contributed by atoms with van der Waals surface area (Å²) in [4.78, 5) is 8.72. The van der Waals surface area contributed by atoms with E-state index in [4.69, 9.17) is 0 Å². The van der Waals surface area contributed by atoms with Crippen LogP contribution in [0, 0.1) is 22.6 Å². The third-order valence-corrected chi connectivity index (χ3v) is 4.51. The van der Waals surface area contributed by atoms with Gasteiger partial charge in [0.2, 0.25) is 0 Å². The number of nitrogens with zero attached hydrogens (tertiary/aromatic N) is 5. The monoisotopic (exact) mass is 385 g/mol. The second-order valence-electron chi connectivity index (χ2n) is 8.25. The second kappa shape index (κ2) is 7.10. The zero-order valence-electron chi connectivity index (χ0n) is 16.5. The van der Waals surface area contributed by atoms with E-state index in [0.717, 1.165) is 23.2 Å². The highest BCUT2D eigenvalue weighted by Crippen LogP contribution is 2.32. The molecule has 3 heterocycles. The fourth-order valence-electron chi connectivity index (χ4n) is 3.29. The Morgan fingerprint density at radius 2 is 1.90 bits per heavy atom.